The van der Waals surface area contributed by atoms with E-state index in [0.29, 0.717) is 6.54 Å². The molecular formula is C12H14FN3. The number of halogens is 1. The molecule has 1 aliphatic rings. The highest BCUT2D eigenvalue weighted by Gasteiger charge is 2.26. The van der Waals surface area contributed by atoms with Gasteiger partial charge in [0.05, 0.1) is 11.0 Å². The molecule has 84 valence electrons. The molecule has 0 radical (unpaired) electrons. The molecule has 2 aromatic rings. The second-order valence-electron chi connectivity index (χ2n) is 4.29. The first-order chi connectivity index (χ1) is 7.84. The zero-order valence-electron chi connectivity index (χ0n) is 8.91. The third-order valence-corrected chi connectivity index (χ3v) is 3.26. The van der Waals surface area contributed by atoms with Gasteiger partial charge in [-0.3, -0.25) is 4.98 Å². The van der Waals surface area contributed by atoms with Crippen LogP contribution in [0.3, 0.4) is 0 Å². The van der Waals surface area contributed by atoms with Gasteiger partial charge < -0.3 is 10.3 Å². The fourth-order valence-electron chi connectivity index (χ4n) is 2.35. The molecule has 0 aliphatic carbocycles. The quantitative estimate of drug-likeness (QED) is 0.770. The molecule has 3 nitrogen and oxygen atoms in total. The van der Waals surface area contributed by atoms with Gasteiger partial charge in [-0.1, -0.05) is 0 Å². The number of alkyl halides is 1. The standard InChI is InChI=1S/C12H14FN3/c13-10-7-14-3-1-9(10)8-5-12-11(16-6-8)2-4-15-12/h2,4-6,9-10,14-15H,1,3,7H2/t9-,10-/m1/s1. The number of nitrogens with zero attached hydrogens (tertiary/aromatic N) is 1. The minimum absolute atomic E-state index is 0.0125. The number of fused-ring (bicyclic) bond motifs is 1. The summed E-state index contributed by atoms with van der Waals surface area (Å²) in [5.74, 6) is -0.0125. The first-order valence-corrected chi connectivity index (χ1v) is 5.62. The fourth-order valence-corrected chi connectivity index (χ4v) is 2.35. The summed E-state index contributed by atoms with van der Waals surface area (Å²) in [6.45, 7) is 1.33. The minimum atomic E-state index is -0.803. The molecule has 1 aliphatic heterocycles. The Morgan fingerprint density at radius 2 is 2.38 bits per heavy atom. The van der Waals surface area contributed by atoms with Crippen molar-refractivity contribution in [2.24, 2.45) is 0 Å². The van der Waals surface area contributed by atoms with Gasteiger partial charge in [0, 0.05) is 24.9 Å². The van der Waals surface area contributed by atoms with Gasteiger partial charge in [0.2, 0.25) is 0 Å². The van der Waals surface area contributed by atoms with Gasteiger partial charge in [-0.25, -0.2) is 4.39 Å². The topological polar surface area (TPSA) is 40.7 Å². The van der Waals surface area contributed by atoms with Crippen LogP contribution >= 0.6 is 0 Å². The van der Waals surface area contributed by atoms with Crippen LogP contribution in [-0.4, -0.2) is 29.2 Å². The van der Waals surface area contributed by atoms with Gasteiger partial charge in [0.15, 0.2) is 0 Å². The van der Waals surface area contributed by atoms with Crippen molar-refractivity contribution in [3.8, 4) is 0 Å². The normalized spacial score (nSPS) is 26.1. The molecule has 0 spiro atoms. The Morgan fingerprint density at radius 1 is 1.44 bits per heavy atom. The summed E-state index contributed by atoms with van der Waals surface area (Å²) in [6, 6.07) is 3.94. The molecule has 2 N–H and O–H groups in total. The van der Waals surface area contributed by atoms with E-state index in [-0.39, 0.29) is 5.92 Å². The molecule has 16 heavy (non-hydrogen) atoms. The van der Waals surface area contributed by atoms with E-state index in [1.165, 1.54) is 0 Å². The first kappa shape index (κ1) is 9.78. The van der Waals surface area contributed by atoms with Gasteiger partial charge >= 0.3 is 0 Å². The van der Waals surface area contributed by atoms with Gasteiger partial charge in [0.25, 0.3) is 0 Å². The maximum absolute atomic E-state index is 13.8. The van der Waals surface area contributed by atoms with Crippen molar-refractivity contribution in [2.45, 2.75) is 18.5 Å². The molecule has 0 bridgehead atoms. The zero-order valence-corrected chi connectivity index (χ0v) is 8.91. The summed E-state index contributed by atoms with van der Waals surface area (Å²) in [5, 5.41) is 3.06. The molecule has 4 heteroatoms. The second-order valence-corrected chi connectivity index (χ2v) is 4.29. The van der Waals surface area contributed by atoms with Crippen LogP contribution in [0, 0.1) is 0 Å². The number of hydrogen-bond acceptors (Lipinski definition) is 2. The number of aromatic nitrogens is 2. The SMILES string of the molecule is F[C@@H]1CNCC[C@@H]1c1cnc2cc[nH]c2c1. The van der Waals surface area contributed by atoms with E-state index in [1.807, 2.05) is 18.3 Å². The summed E-state index contributed by atoms with van der Waals surface area (Å²) in [4.78, 5) is 7.45. The summed E-state index contributed by atoms with van der Waals surface area (Å²) < 4.78 is 13.8. The molecule has 1 fully saturated rings. The third-order valence-electron chi connectivity index (χ3n) is 3.26. The van der Waals surface area contributed by atoms with Crippen LogP contribution in [0.5, 0.6) is 0 Å². The van der Waals surface area contributed by atoms with Crippen molar-refractivity contribution >= 4 is 11.0 Å². The molecule has 0 amide bonds. The number of aromatic amines is 1. The van der Waals surface area contributed by atoms with Gasteiger partial charge in [0.1, 0.15) is 6.17 Å². The van der Waals surface area contributed by atoms with Crippen LogP contribution in [-0.2, 0) is 0 Å². The monoisotopic (exact) mass is 219 g/mol. The second kappa shape index (κ2) is 3.87. The van der Waals surface area contributed by atoms with Crippen LogP contribution < -0.4 is 5.32 Å². The van der Waals surface area contributed by atoms with E-state index in [1.54, 1.807) is 6.20 Å². The Morgan fingerprint density at radius 3 is 3.25 bits per heavy atom. The van der Waals surface area contributed by atoms with Crippen molar-refractivity contribution in [1.29, 1.82) is 0 Å². The van der Waals surface area contributed by atoms with Crippen LogP contribution in [0.2, 0.25) is 0 Å². The number of rotatable bonds is 1. The molecule has 0 unspecified atom stereocenters. The van der Waals surface area contributed by atoms with Gasteiger partial charge in [-0.2, -0.15) is 0 Å². The molecule has 2 aromatic heterocycles. The third kappa shape index (κ3) is 1.59. The lowest BCUT2D eigenvalue weighted by atomic mass is 9.89. The Bertz CT molecular complexity index is 494. The maximum atomic E-state index is 13.8. The molecular weight excluding hydrogens is 205 g/mol. The largest absolute Gasteiger partial charge is 0.360 e. The van der Waals surface area contributed by atoms with Crippen molar-refractivity contribution in [3.05, 3.63) is 30.1 Å². The van der Waals surface area contributed by atoms with Crippen molar-refractivity contribution in [2.75, 3.05) is 13.1 Å². The van der Waals surface area contributed by atoms with Crippen LogP contribution in [0.4, 0.5) is 4.39 Å². The lowest BCUT2D eigenvalue weighted by Crippen LogP contribution is -2.36. The zero-order chi connectivity index (χ0) is 11.0. The average molecular weight is 219 g/mol. The van der Waals surface area contributed by atoms with Crippen molar-refractivity contribution < 1.29 is 4.39 Å². The van der Waals surface area contributed by atoms with Crippen LogP contribution in [0.25, 0.3) is 11.0 Å². The number of nitrogens with one attached hydrogen (secondary N) is 2. The molecule has 1 saturated heterocycles. The van der Waals surface area contributed by atoms with Crippen LogP contribution in [0.15, 0.2) is 24.5 Å². The first-order valence-electron chi connectivity index (χ1n) is 5.62. The molecule has 2 atom stereocenters. The fraction of sp³-hybridized carbons (Fsp3) is 0.417. The lowest BCUT2D eigenvalue weighted by molar-refractivity contribution is 0.231. The highest BCUT2D eigenvalue weighted by molar-refractivity contribution is 5.75. The lowest BCUT2D eigenvalue weighted by Gasteiger charge is -2.26. The summed E-state index contributed by atoms with van der Waals surface area (Å²) in [7, 11) is 0. The smallest absolute Gasteiger partial charge is 0.119 e. The maximum Gasteiger partial charge on any atom is 0.119 e. The number of H-pyrrole nitrogens is 1. The summed E-state index contributed by atoms with van der Waals surface area (Å²) >= 11 is 0. The van der Waals surface area contributed by atoms with Gasteiger partial charge in [-0.05, 0) is 30.7 Å². The number of pyridine rings is 1. The van der Waals surface area contributed by atoms with E-state index >= 15 is 0 Å². The Labute approximate surface area is 93.1 Å². The Hall–Kier alpha value is -1.42. The summed E-state index contributed by atoms with van der Waals surface area (Å²) in [5.41, 5.74) is 2.93. The summed E-state index contributed by atoms with van der Waals surface area (Å²) in [6.07, 6.45) is 3.70. The molecule has 0 aromatic carbocycles. The molecule has 3 rings (SSSR count). The Balaban J connectivity index is 1.97. The van der Waals surface area contributed by atoms with E-state index in [9.17, 15) is 4.39 Å². The number of piperidine rings is 1. The minimum Gasteiger partial charge on any atom is -0.360 e. The Kier molecular flexibility index (Phi) is 2.36. The van der Waals surface area contributed by atoms with E-state index < -0.39 is 6.17 Å². The predicted molar refractivity (Wildman–Crippen MR) is 61.2 cm³/mol. The molecule has 3 heterocycles. The van der Waals surface area contributed by atoms with Crippen molar-refractivity contribution in [3.63, 3.8) is 0 Å². The average Bonchev–Trinajstić information content (AvgIpc) is 2.76. The highest BCUT2D eigenvalue weighted by atomic mass is 19.1. The van der Waals surface area contributed by atoms with E-state index in [4.69, 9.17) is 0 Å². The predicted octanol–water partition coefficient (Wildman–Crippen LogP) is 1.98. The number of hydrogen-bond donors (Lipinski definition) is 2. The molecule has 0 saturated carbocycles. The van der Waals surface area contributed by atoms with Gasteiger partial charge in [-0.15, -0.1) is 0 Å². The van der Waals surface area contributed by atoms with Crippen LogP contribution in [0.1, 0.15) is 17.9 Å². The van der Waals surface area contributed by atoms with Crippen molar-refractivity contribution in [1.82, 2.24) is 15.3 Å². The van der Waals surface area contributed by atoms with E-state index in [2.05, 4.69) is 15.3 Å². The highest BCUT2D eigenvalue weighted by Crippen LogP contribution is 2.28. The van der Waals surface area contributed by atoms with E-state index in [0.717, 1.165) is 29.6 Å².